The molecular weight excluding hydrogens is 288 g/mol. The summed E-state index contributed by atoms with van der Waals surface area (Å²) in [6.07, 6.45) is 6.68. The number of primary amides is 1. The molecule has 110 valence electrons. The summed E-state index contributed by atoms with van der Waals surface area (Å²) in [5, 5.41) is 0. The van der Waals surface area contributed by atoms with Crippen LogP contribution in [0.5, 0.6) is 0 Å². The standard InChI is InChI=1S/C15H16N2O3S/c1-2-12(15(16)20)17-8-10(4-3-5-14(17)19)13-7-6-11(9-18)21-13/h3-4,6-9,12H,2,5H2,1H3,(H2,16,20). The van der Waals surface area contributed by atoms with Gasteiger partial charge in [-0.1, -0.05) is 19.1 Å². The normalized spacial score (nSPS) is 16.3. The van der Waals surface area contributed by atoms with Gasteiger partial charge in [0.05, 0.1) is 4.88 Å². The van der Waals surface area contributed by atoms with Gasteiger partial charge < -0.3 is 10.6 Å². The highest BCUT2D eigenvalue weighted by atomic mass is 32.1. The van der Waals surface area contributed by atoms with Crippen LogP contribution < -0.4 is 5.73 Å². The van der Waals surface area contributed by atoms with Crippen LogP contribution in [-0.2, 0) is 9.59 Å². The van der Waals surface area contributed by atoms with Gasteiger partial charge in [-0.25, -0.2) is 0 Å². The quantitative estimate of drug-likeness (QED) is 0.844. The minimum Gasteiger partial charge on any atom is -0.368 e. The summed E-state index contributed by atoms with van der Waals surface area (Å²) in [7, 11) is 0. The summed E-state index contributed by atoms with van der Waals surface area (Å²) in [6, 6.07) is 2.89. The number of aldehydes is 1. The summed E-state index contributed by atoms with van der Waals surface area (Å²) in [4.78, 5) is 37.3. The molecule has 2 amide bonds. The van der Waals surface area contributed by atoms with E-state index in [2.05, 4.69) is 0 Å². The van der Waals surface area contributed by atoms with Gasteiger partial charge in [-0.05, 0) is 18.6 Å². The number of rotatable bonds is 5. The molecule has 5 nitrogen and oxygen atoms in total. The van der Waals surface area contributed by atoms with Gasteiger partial charge in [0, 0.05) is 23.1 Å². The van der Waals surface area contributed by atoms with Crippen molar-refractivity contribution in [2.24, 2.45) is 5.73 Å². The average Bonchev–Trinajstić information content (AvgIpc) is 2.86. The molecule has 2 heterocycles. The lowest BCUT2D eigenvalue weighted by molar-refractivity contribution is -0.135. The summed E-state index contributed by atoms with van der Waals surface area (Å²) < 4.78 is 0. The second-order valence-corrected chi connectivity index (χ2v) is 5.75. The number of amides is 2. The molecule has 0 spiro atoms. The second-order valence-electron chi connectivity index (χ2n) is 4.64. The first-order valence-corrected chi connectivity index (χ1v) is 7.42. The Labute approximate surface area is 126 Å². The molecule has 1 aromatic rings. The van der Waals surface area contributed by atoms with Crippen molar-refractivity contribution in [2.75, 3.05) is 0 Å². The highest BCUT2D eigenvalue weighted by molar-refractivity contribution is 7.14. The highest BCUT2D eigenvalue weighted by Gasteiger charge is 2.26. The fourth-order valence-electron chi connectivity index (χ4n) is 2.17. The molecule has 1 aliphatic rings. The van der Waals surface area contributed by atoms with Crippen molar-refractivity contribution >= 4 is 35.0 Å². The molecule has 0 fully saturated rings. The minimum absolute atomic E-state index is 0.168. The maximum atomic E-state index is 12.1. The van der Waals surface area contributed by atoms with Crippen molar-refractivity contribution < 1.29 is 14.4 Å². The first-order chi connectivity index (χ1) is 10.1. The molecule has 1 atom stereocenters. The van der Waals surface area contributed by atoms with E-state index in [0.29, 0.717) is 11.3 Å². The number of carbonyl (C=O) groups is 3. The van der Waals surface area contributed by atoms with Crippen LogP contribution in [0.4, 0.5) is 0 Å². The maximum absolute atomic E-state index is 12.1. The third-order valence-electron chi connectivity index (χ3n) is 3.23. The van der Waals surface area contributed by atoms with Gasteiger partial charge in [-0.15, -0.1) is 11.3 Å². The van der Waals surface area contributed by atoms with Crippen LogP contribution in [0.15, 0.2) is 30.5 Å². The number of nitrogens with zero attached hydrogens (tertiary/aromatic N) is 1. The number of hydrogen-bond donors (Lipinski definition) is 1. The van der Waals surface area contributed by atoms with Crippen molar-refractivity contribution in [3.8, 4) is 0 Å². The molecule has 0 saturated heterocycles. The first-order valence-electron chi connectivity index (χ1n) is 6.61. The van der Waals surface area contributed by atoms with Gasteiger partial charge in [0.2, 0.25) is 11.8 Å². The zero-order chi connectivity index (χ0) is 15.4. The van der Waals surface area contributed by atoms with Crippen molar-refractivity contribution in [3.05, 3.63) is 40.2 Å². The zero-order valence-electron chi connectivity index (χ0n) is 11.6. The fraction of sp³-hybridized carbons (Fsp3) is 0.267. The molecule has 0 bridgehead atoms. The Hall–Kier alpha value is -2.21. The van der Waals surface area contributed by atoms with E-state index in [1.165, 1.54) is 16.2 Å². The maximum Gasteiger partial charge on any atom is 0.240 e. The van der Waals surface area contributed by atoms with Crippen LogP contribution >= 0.6 is 11.3 Å². The van der Waals surface area contributed by atoms with E-state index in [1.54, 1.807) is 18.3 Å². The van der Waals surface area contributed by atoms with Gasteiger partial charge >= 0.3 is 0 Å². The number of allylic oxidation sites excluding steroid dienone is 2. The monoisotopic (exact) mass is 304 g/mol. The van der Waals surface area contributed by atoms with E-state index < -0.39 is 11.9 Å². The van der Waals surface area contributed by atoms with Crippen LogP contribution in [0.1, 0.15) is 34.3 Å². The van der Waals surface area contributed by atoms with Gasteiger partial charge in [0.25, 0.3) is 0 Å². The molecule has 1 unspecified atom stereocenters. The van der Waals surface area contributed by atoms with Crippen LogP contribution in [0.25, 0.3) is 5.57 Å². The molecule has 2 rings (SSSR count). The van der Waals surface area contributed by atoms with Gasteiger partial charge in [-0.3, -0.25) is 14.4 Å². The highest BCUT2D eigenvalue weighted by Crippen LogP contribution is 2.27. The topological polar surface area (TPSA) is 80.5 Å². The Bertz CT molecular complexity index is 631. The summed E-state index contributed by atoms with van der Waals surface area (Å²) >= 11 is 1.34. The van der Waals surface area contributed by atoms with E-state index in [1.807, 2.05) is 19.1 Å². The third-order valence-corrected chi connectivity index (χ3v) is 4.29. The number of thiophene rings is 1. The van der Waals surface area contributed by atoms with Crippen LogP contribution in [0.2, 0.25) is 0 Å². The molecule has 0 radical (unpaired) electrons. The lowest BCUT2D eigenvalue weighted by Crippen LogP contribution is -2.44. The lowest BCUT2D eigenvalue weighted by atomic mass is 10.1. The molecule has 2 N–H and O–H groups in total. The van der Waals surface area contributed by atoms with E-state index in [-0.39, 0.29) is 12.3 Å². The Morgan fingerprint density at radius 3 is 2.86 bits per heavy atom. The molecule has 21 heavy (non-hydrogen) atoms. The van der Waals surface area contributed by atoms with Crippen LogP contribution in [0, 0.1) is 0 Å². The fourth-order valence-corrected chi connectivity index (χ4v) is 2.99. The lowest BCUT2D eigenvalue weighted by Gasteiger charge is -2.25. The second kappa shape index (κ2) is 6.49. The molecule has 0 saturated carbocycles. The van der Waals surface area contributed by atoms with Gasteiger partial charge in [0.15, 0.2) is 6.29 Å². The largest absolute Gasteiger partial charge is 0.368 e. The number of nitrogens with two attached hydrogens (primary N) is 1. The van der Waals surface area contributed by atoms with E-state index in [0.717, 1.165) is 16.7 Å². The SMILES string of the molecule is CCC(C(N)=O)N1C=C(c2ccc(C=O)s2)C=CCC1=O. The first kappa shape index (κ1) is 15.2. The Morgan fingerprint density at radius 2 is 2.29 bits per heavy atom. The molecule has 1 aliphatic heterocycles. The predicted octanol–water partition coefficient (Wildman–Crippen LogP) is 1.95. The van der Waals surface area contributed by atoms with E-state index in [9.17, 15) is 14.4 Å². The Morgan fingerprint density at radius 1 is 1.52 bits per heavy atom. The zero-order valence-corrected chi connectivity index (χ0v) is 12.4. The third kappa shape index (κ3) is 3.28. The molecule has 6 heteroatoms. The Balaban J connectivity index is 2.40. The molecule has 1 aromatic heterocycles. The molecular formula is C15H16N2O3S. The van der Waals surface area contributed by atoms with E-state index >= 15 is 0 Å². The number of carbonyl (C=O) groups excluding carboxylic acids is 3. The van der Waals surface area contributed by atoms with Crippen molar-refractivity contribution in [2.45, 2.75) is 25.8 Å². The minimum atomic E-state index is -0.655. The smallest absolute Gasteiger partial charge is 0.240 e. The predicted molar refractivity (Wildman–Crippen MR) is 81.6 cm³/mol. The van der Waals surface area contributed by atoms with Crippen LogP contribution in [0.3, 0.4) is 0 Å². The van der Waals surface area contributed by atoms with Crippen molar-refractivity contribution in [1.82, 2.24) is 4.90 Å². The van der Waals surface area contributed by atoms with Crippen LogP contribution in [-0.4, -0.2) is 29.0 Å². The molecule has 0 aliphatic carbocycles. The summed E-state index contributed by atoms with van der Waals surface area (Å²) in [6.45, 7) is 1.81. The average molecular weight is 304 g/mol. The Kier molecular flexibility index (Phi) is 4.70. The van der Waals surface area contributed by atoms with Crippen molar-refractivity contribution in [1.29, 1.82) is 0 Å². The number of hydrogen-bond acceptors (Lipinski definition) is 4. The van der Waals surface area contributed by atoms with Gasteiger partial charge in [0.1, 0.15) is 6.04 Å². The van der Waals surface area contributed by atoms with E-state index in [4.69, 9.17) is 5.73 Å². The summed E-state index contributed by atoms with van der Waals surface area (Å²) in [5.41, 5.74) is 6.17. The van der Waals surface area contributed by atoms with Crippen molar-refractivity contribution in [3.63, 3.8) is 0 Å². The molecule has 0 aromatic carbocycles. The summed E-state index contributed by atoms with van der Waals surface area (Å²) in [5.74, 6) is -0.692. The van der Waals surface area contributed by atoms with Gasteiger partial charge in [-0.2, -0.15) is 0 Å².